The topological polar surface area (TPSA) is 48.5 Å². The monoisotopic (exact) mass is 330 g/mol. The molecule has 0 unspecified atom stereocenters. The maximum Gasteiger partial charge on any atom is 0.243 e. The third kappa shape index (κ3) is 3.89. The van der Waals surface area contributed by atoms with Crippen molar-refractivity contribution in [2.24, 2.45) is 0 Å². The van der Waals surface area contributed by atoms with Crippen molar-refractivity contribution in [3.63, 3.8) is 0 Å². The highest BCUT2D eigenvalue weighted by atomic mass is 32.1. The van der Waals surface area contributed by atoms with E-state index < -0.39 is 0 Å². The van der Waals surface area contributed by atoms with Gasteiger partial charge in [-0.2, -0.15) is 0 Å². The summed E-state index contributed by atoms with van der Waals surface area (Å²) in [5, 5.41) is 5.47. The highest BCUT2D eigenvalue weighted by molar-refractivity contribution is 7.13. The number of hydrogen-bond acceptors (Lipinski definition) is 5. The molecule has 2 aromatic rings. The van der Waals surface area contributed by atoms with Crippen LogP contribution in [-0.4, -0.2) is 48.0 Å². The summed E-state index contributed by atoms with van der Waals surface area (Å²) in [4.78, 5) is 21.3. The minimum absolute atomic E-state index is 0.0515. The molecule has 1 aromatic carbocycles. The quantitative estimate of drug-likeness (QED) is 0.916. The van der Waals surface area contributed by atoms with Crippen LogP contribution in [0.1, 0.15) is 13.3 Å². The van der Waals surface area contributed by atoms with Crippen molar-refractivity contribution in [3.05, 3.63) is 41.9 Å². The van der Waals surface area contributed by atoms with Crippen molar-refractivity contribution < 1.29 is 4.79 Å². The molecule has 2 heterocycles. The van der Waals surface area contributed by atoms with Crippen LogP contribution in [0, 0.1) is 0 Å². The molecule has 1 fully saturated rings. The van der Waals surface area contributed by atoms with Crippen LogP contribution >= 0.6 is 11.3 Å². The molecule has 5 nitrogen and oxygen atoms in total. The van der Waals surface area contributed by atoms with Crippen molar-refractivity contribution in [3.8, 4) is 0 Å². The van der Waals surface area contributed by atoms with Gasteiger partial charge >= 0.3 is 0 Å². The number of nitrogens with zero attached hydrogens (tertiary/aromatic N) is 3. The second-order valence-electron chi connectivity index (χ2n) is 5.61. The van der Waals surface area contributed by atoms with E-state index in [0.717, 1.165) is 32.6 Å². The predicted molar refractivity (Wildman–Crippen MR) is 95.1 cm³/mol. The maximum atomic E-state index is 12.5. The first-order chi connectivity index (χ1) is 11.3. The first-order valence-corrected chi connectivity index (χ1v) is 8.90. The number of nitrogens with one attached hydrogen (secondary N) is 1. The van der Waals surface area contributed by atoms with Gasteiger partial charge in [0.2, 0.25) is 5.91 Å². The summed E-state index contributed by atoms with van der Waals surface area (Å²) < 4.78 is 0. The molecule has 1 aliphatic heterocycles. The number of anilines is 2. The van der Waals surface area contributed by atoms with Gasteiger partial charge < -0.3 is 10.2 Å². The van der Waals surface area contributed by atoms with E-state index in [4.69, 9.17) is 0 Å². The fraction of sp³-hybridized carbons (Fsp3) is 0.412. The Balaban J connectivity index is 1.57. The summed E-state index contributed by atoms with van der Waals surface area (Å²) in [6, 6.07) is 10.4. The Morgan fingerprint density at radius 1 is 1.26 bits per heavy atom. The number of rotatable bonds is 5. The number of piperazine rings is 1. The zero-order valence-electron chi connectivity index (χ0n) is 13.3. The number of aromatic nitrogens is 1. The first kappa shape index (κ1) is 16.0. The molecule has 0 spiro atoms. The number of carbonyl (C=O) groups is 1. The zero-order valence-corrected chi connectivity index (χ0v) is 14.1. The molecule has 1 amide bonds. The van der Waals surface area contributed by atoms with Crippen LogP contribution in [0.25, 0.3) is 0 Å². The van der Waals surface area contributed by atoms with Crippen LogP contribution in [0.15, 0.2) is 41.9 Å². The Morgan fingerprint density at radius 3 is 2.61 bits per heavy atom. The van der Waals surface area contributed by atoms with Crippen molar-refractivity contribution >= 4 is 28.1 Å². The van der Waals surface area contributed by atoms with Gasteiger partial charge in [-0.3, -0.25) is 9.69 Å². The molecule has 122 valence electrons. The van der Waals surface area contributed by atoms with Gasteiger partial charge in [0.15, 0.2) is 5.13 Å². The van der Waals surface area contributed by atoms with E-state index in [-0.39, 0.29) is 11.9 Å². The van der Waals surface area contributed by atoms with Crippen LogP contribution in [0.3, 0.4) is 0 Å². The van der Waals surface area contributed by atoms with E-state index >= 15 is 0 Å². The number of hydrogen-bond donors (Lipinski definition) is 1. The summed E-state index contributed by atoms with van der Waals surface area (Å²) in [7, 11) is 0. The Labute approximate surface area is 140 Å². The Bertz CT molecular complexity index is 609. The zero-order chi connectivity index (χ0) is 16.1. The second kappa shape index (κ2) is 7.57. The Morgan fingerprint density at radius 2 is 2.00 bits per heavy atom. The minimum atomic E-state index is -0.0863. The number of thiazole rings is 1. The number of carbonyl (C=O) groups excluding carboxylic acids is 1. The Hall–Kier alpha value is -1.92. The van der Waals surface area contributed by atoms with Gasteiger partial charge in [0, 0.05) is 43.4 Å². The molecular weight excluding hydrogens is 308 g/mol. The van der Waals surface area contributed by atoms with Crippen molar-refractivity contribution in [1.29, 1.82) is 0 Å². The number of para-hydroxylation sites is 1. The van der Waals surface area contributed by atoms with Crippen LogP contribution in [0.2, 0.25) is 0 Å². The van der Waals surface area contributed by atoms with E-state index in [1.165, 1.54) is 17.0 Å². The highest BCUT2D eigenvalue weighted by Crippen LogP contribution is 2.18. The van der Waals surface area contributed by atoms with Crippen LogP contribution < -0.4 is 10.2 Å². The van der Waals surface area contributed by atoms with Gasteiger partial charge in [0.1, 0.15) is 0 Å². The first-order valence-electron chi connectivity index (χ1n) is 8.02. The normalized spacial score (nSPS) is 17.0. The predicted octanol–water partition coefficient (Wildman–Crippen LogP) is 2.68. The largest absolute Gasteiger partial charge is 0.369 e. The average Bonchev–Trinajstić information content (AvgIpc) is 3.10. The van der Waals surface area contributed by atoms with Gasteiger partial charge in [-0.15, -0.1) is 11.3 Å². The van der Waals surface area contributed by atoms with Crippen molar-refractivity contribution in [2.45, 2.75) is 19.4 Å². The molecule has 1 aliphatic rings. The van der Waals surface area contributed by atoms with Crippen molar-refractivity contribution in [1.82, 2.24) is 9.88 Å². The smallest absolute Gasteiger partial charge is 0.243 e. The van der Waals surface area contributed by atoms with E-state index in [2.05, 4.69) is 51.3 Å². The molecule has 0 bridgehead atoms. The maximum absolute atomic E-state index is 12.5. The molecule has 23 heavy (non-hydrogen) atoms. The van der Waals surface area contributed by atoms with Crippen LogP contribution in [0.5, 0.6) is 0 Å². The minimum Gasteiger partial charge on any atom is -0.369 e. The number of amides is 1. The number of benzene rings is 1. The van der Waals surface area contributed by atoms with E-state index in [1.54, 1.807) is 6.20 Å². The average molecular weight is 330 g/mol. The van der Waals surface area contributed by atoms with E-state index in [0.29, 0.717) is 5.13 Å². The SMILES string of the molecule is CC[C@H](C(=O)Nc1nccs1)N1CCN(c2ccccc2)CC1. The van der Waals surface area contributed by atoms with Crippen LogP contribution in [-0.2, 0) is 4.79 Å². The summed E-state index contributed by atoms with van der Waals surface area (Å²) in [5.41, 5.74) is 1.26. The van der Waals surface area contributed by atoms with E-state index in [9.17, 15) is 4.79 Å². The molecule has 1 atom stereocenters. The lowest BCUT2D eigenvalue weighted by Crippen LogP contribution is -2.53. The molecular formula is C17H22N4OS. The van der Waals surface area contributed by atoms with Gasteiger partial charge in [-0.1, -0.05) is 25.1 Å². The summed E-state index contributed by atoms with van der Waals surface area (Å²) >= 11 is 1.45. The molecule has 0 saturated carbocycles. The summed E-state index contributed by atoms with van der Waals surface area (Å²) in [5.74, 6) is 0.0515. The molecule has 0 aliphatic carbocycles. The fourth-order valence-electron chi connectivity index (χ4n) is 3.01. The molecule has 1 saturated heterocycles. The standard InChI is InChI=1S/C17H22N4OS/c1-2-15(16(22)19-17-18-8-13-23-17)21-11-9-20(10-12-21)14-6-4-3-5-7-14/h3-8,13,15H,2,9-12H2,1H3,(H,18,19,22)/t15-/m1/s1. The third-order valence-electron chi connectivity index (χ3n) is 4.23. The van der Waals surface area contributed by atoms with Crippen LogP contribution in [0.4, 0.5) is 10.8 Å². The van der Waals surface area contributed by atoms with Crippen molar-refractivity contribution in [2.75, 3.05) is 36.4 Å². The van der Waals surface area contributed by atoms with E-state index in [1.807, 2.05) is 11.4 Å². The molecule has 3 rings (SSSR count). The summed E-state index contributed by atoms with van der Waals surface area (Å²) in [6.07, 6.45) is 2.52. The lowest BCUT2D eigenvalue weighted by Gasteiger charge is -2.39. The lowest BCUT2D eigenvalue weighted by atomic mass is 10.1. The lowest BCUT2D eigenvalue weighted by molar-refractivity contribution is -0.121. The highest BCUT2D eigenvalue weighted by Gasteiger charge is 2.28. The second-order valence-corrected chi connectivity index (χ2v) is 6.50. The molecule has 6 heteroatoms. The van der Waals surface area contributed by atoms with Gasteiger partial charge in [0.25, 0.3) is 0 Å². The van der Waals surface area contributed by atoms with Gasteiger partial charge in [0.05, 0.1) is 6.04 Å². The Kier molecular flexibility index (Phi) is 5.25. The molecule has 1 aromatic heterocycles. The van der Waals surface area contributed by atoms with Gasteiger partial charge in [-0.25, -0.2) is 4.98 Å². The van der Waals surface area contributed by atoms with Gasteiger partial charge in [-0.05, 0) is 18.6 Å². The summed E-state index contributed by atoms with van der Waals surface area (Å²) in [6.45, 7) is 5.77. The molecule has 1 N–H and O–H groups in total. The fourth-order valence-corrected chi connectivity index (χ4v) is 3.55. The third-order valence-corrected chi connectivity index (χ3v) is 4.92. The molecule has 0 radical (unpaired) electrons.